The summed E-state index contributed by atoms with van der Waals surface area (Å²) in [4.78, 5) is 24.9. The van der Waals surface area contributed by atoms with Gasteiger partial charge in [-0.1, -0.05) is 0 Å². The predicted octanol–water partition coefficient (Wildman–Crippen LogP) is 3.21. The highest BCUT2D eigenvalue weighted by atomic mass is 19.1. The Kier molecular flexibility index (Phi) is 5.47. The van der Waals surface area contributed by atoms with Crippen LogP contribution < -0.4 is 11.1 Å². The zero-order chi connectivity index (χ0) is 22.8. The maximum Gasteiger partial charge on any atom is 0.437 e. The van der Waals surface area contributed by atoms with Crippen molar-refractivity contribution >= 4 is 11.7 Å². The molecule has 0 radical (unpaired) electrons. The van der Waals surface area contributed by atoms with E-state index in [1.807, 2.05) is 6.92 Å². The normalized spacial score (nSPS) is 10.8. The zero-order valence-corrected chi connectivity index (χ0v) is 17.3. The van der Waals surface area contributed by atoms with Gasteiger partial charge in [-0.05, 0) is 55.8 Å². The molecule has 1 N–H and O–H groups in total. The first kappa shape index (κ1) is 20.9. The van der Waals surface area contributed by atoms with E-state index < -0.39 is 24.0 Å². The standard InChI is InChI=1S/C22H18FN5O4/c1-13-14(2)27(11-17-4-3-9-31-17)20(18(13)10-24)25-19(29)12-28-22(30)32-21(26-28)15-5-7-16(23)8-6-15/h3-9H,11-12H2,1-2H3,(H,25,29). The first-order chi connectivity index (χ1) is 15.4. The Labute approximate surface area is 181 Å². The number of nitriles is 1. The molecule has 3 aromatic heterocycles. The van der Waals surface area contributed by atoms with E-state index in [9.17, 15) is 19.2 Å². The summed E-state index contributed by atoms with van der Waals surface area (Å²) in [6.07, 6.45) is 1.54. The molecule has 1 aromatic carbocycles. The van der Waals surface area contributed by atoms with E-state index in [0.717, 1.165) is 15.9 Å². The van der Waals surface area contributed by atoms with Gasteiger partial charge in [0.25, 0.3) is 0 Å². The highest BCUT2D eigenvalue weighted by Gasteiger charge is 2.21. The maximum absolute atomic E-state index is 13.1. The smallest absolute Gasteiger partial charge is 0.437 e. The lowest BCUT2D eigenvalue weighted by Gasteiger charge is -2.11. The molecule has 4 aromatic rings. The molecule has 0 atom stereocenters. The van der Waals surface area contributed by atoms with Gasteiger partial charge >= 0.3 is 5.76 Å². The summed E-state index contributed by atoms with van der Waals surface area (Å²) in [7, 11) is 0. The van der Waals surface area contributed by atoms with Gasteiger partial charge < -0.3 is 18.7 Å². The molecular formula is C22H18FN5O4. The van der Waals surface area contributed by atoms with E-state index in [2.05, 4.69) is 16.5 Å². The van der Waals surface area contributed by atoms with E-state index in [4.69, 9.17) is 8.83 Å². The molecule has 0 saturated heterocycles. The average Bonchev–Trinajstić information content (AvgIpc) is 3.46. The molecule has 162 valence electrons. The van der Waals surface area contributed by atoms with Gasteiger partial charge in [0.2, 0.25) is 11.8 Å². The lowest BCUT2D eigenvalue weighted by atomic mass is 10.2. The van der Waals surface area contributed by atoms with Crippen LogP contribution in [0.5, 0.6) is 0 Å². The third kappa shape index (κ3) is 3.96. The molecule has 0 saturated carbocycles. The number of hydrogen-bond acceptors (Lipinski definition) is 6. The van der Waals surface area contributed by atoms with Crippen molar-refractivity contribution in [3.05, 3.63) is 81.6 Å². The van der Waals surface area contributed by atoms with Gasteiger partial charge in [-0.25, -0.2) is 9.18 Å². The van der Waals surface area contributed by atoms with Crippen LogP contribution in [-0.2, 0) is 17.9 Å². The van der Waals surface area contributed by atoms with Crippen molar-refractivity contribution in [2.24, 2.45) is 0 Å². The SMILES string of the molecule is Cc1c(C#N)c(NC(=O)Cn2nc(-c3ccc(F)cc3)oc2=O)n(Cc2ccco2)c1C. The highest BCUT2D eigenvalue weighted by molar-refractivity contribution is 5.91. The largest absolute Gasteiger partial charge is 0.467 e. The second kappa shape index (κ2) is 8.39. The van der Waals surface area contributed by atoms with Crippen LogP contribution in [0.1, 0.15) is 22.6 Å². The van der Waals surface area contributed by atoms with Crippen molar-refractivity contribution in [1.29, 1.82) is 5.26 Å². The minimum atomic E-state index is -0.835. The molecule has 3 heterocycles. The molecule has 10 heteroatoms. The van der Waals surface area contributed by atoms with Gasteiger partial charge in [0.1, 0.15) is 30.0 Å². The molecule has 32 heavy (non-hydrogen) atoms. The molecule has 0 aliphatic heterocycles. The monoisotopic (exact) mass is 435 g/mol. The third-order valence-electron chi connectivity index (χ3n) is 5.08. The summed E-state index contributed by atoms with van der Waals surface area (Å²) in [5.41, 5.74) is 2.24. The van der Waals surface area contributed by atoms with Crippen molar-refractivity contribution in [3.8, 4) is 17.5 Å². The fourth-order valence-corrected chi connectivity index (χ4v) is 3.31. The molecule has 0 fully saturated rings. The lowest BCUT2D eigenvalue weighted by Crippen LogP contribution is -2.27. The zero-order valence-electron chi connectivity index (χ0n) is 17.3. The molecule has 4 rings (SSSR count). The van der Waals surface area contributed by atoms with E-state index in [-0.39, 0.29) is 5.89 Å². The first-order valence-corrected chi connectivity index (χ1v) is 9.63. The Morgan fingerprint density at radius 1 is 1.25 bits per heavy atom. The van der Waals surface area contributed by atoms with Crippen molar-refractivity contribution in [1.82, 2.24) is 14.3 Å². The molecule has 1 amide bonds. The molecule has 9 nitrogen and oxygen atoms in total. The van der Waals surface area contributed by atoms with E-state index in [1.165, 1.54) is 24.3 Å². The van der Waals surface area contributed by atoms with Crippen molar-refractivity contribution in [2.45, 2.75) is 26.9 Å². The Morgan fingerprint density at radius 3 is 2.66 bits per heavy atom. The van der Waals surface area contributed by atoms with Crippen LogP contribution in [0.2, 0.25) is 0 Å². The van der Waals surface area contributed by atoms with Crippen LogP contribution in [0.15, 0.2) is 56.3 Å². The van der Waals surface area contributed by atoms with Crippen molar-refractivity contribution < 1.29 is 18.0 Å². The summed E-state index contributed by atoms with van der Waals surface area (Å²) in [6.45, 7) is 3.51. The molecule has 0 bridgehead atoms. The second-order valence-electron chi connectivity index (χ2n) is 7.10. The Hall–Kier alpha value is -4.39. The number of carbonyl (C=O) groups excluding carboxylic acids is 1. The third-order valence-corrected chi connectivity index (χ3v) is 5.08. The predicted molar refractivity (Wildman–Crippen MR) is 111 cm³/mol. The first-order valence-electron chi connectivity index (χ1n) is 9.63. The number of benzene rings is 1. The highest BCUT2D eigenvalue weighted by Crippen LogP contribution is 2.27. The fraction of sp³-hybridized carbons (Fsp3) is 0.182. The number of furan rings is 1. The van der Waals surface area contributed by atoms with Crippen LogP contribution >= 0.6 is 0 Å². The second-order valence-corrected chi connectivity index (χ2v) is 7.10. The molecule has 0 spiro atoms. The summed E-state index contributed by atoms with van der Waals surface area (Å²) in [5.74, 6) is -0.919. The molecule has 0 aliphatic carbocycles. The van der Waals surface area contributed by atoms with Gasteiger partial charge in [0.05, 0.1) is 18.4 Å². The van der Waals surface area contributed by atoms with Crippen LogP contribution in [0.3, 0.4) is 0 Å². The molecular weight excluding hydrogens is 417 g/mol. The van der Waals surface area contributed by atoms with Gasteiger partial charge in [0.15, 0.2) is 0 Å². The van der Waals surface area contributed by atoms with Gasteiger partial charge in [0, 0.05) is 11.3 Å². The Morgan fingerprint density at radius 2 is 2.00 bits per heavy atom. The van der Waals surface area contributed by atoms with Gasteiger partial charge in [-0.2, -0.15) is 9.94 Å². The summed E-state index contributed by atoms with van der Waals surface area (Å²) < 4.78 is 26.2. The quantitative estimate of drug-likeness (QED) is 0.497. The maximum atomic E-state index is 13.1. The number of hydrogen-bond donors (Lipinski definition) is 1. The van der Waals surface area contributed by atoms with E-state index in [0.29, 0.717) is 29.2 Å². The number of halogens is 1. The van der Waals surface area contributed by atoms with Crippen LogP contribution in [0.25, 0.3) is 11.5 Å². The van der Waals surface area contributed by atoms with Crippen molar-refractivity contribution in [2.75, 3.05) is 5.32 Å². The lowest BCUT2D eigenvalue weighted by molar-refractivity contribution is -0.117. The summed E-state index contributed by atoms with van der Waals surface area (Å²) in [5, 5.41) is 16.3. The van der Waals surface area contributed by atoms with E-state index >= 15 is 0 Å². The van der Waals surface area contributed by atoms with Crippen LogP contribution in [0, 0.1) is 31.0 Å². The number of carbonyl (C=O) groups is 1. The van der Waals surface area contributed by atoms with Crippen molar-refractivity contribution in [3.63, 3.8) is 0 Å². The average molecular weight is 435 g/mol. The minimum absolute atomic E-state index is 0.0339. The number of nitrogens with zero attached hydrogens (tertiary/aromatic N) is 4. The van der Waals surface area contributed by atoms with Gasteiger partial charge in [-0.3, -0.25) is 4.79 Å². The van der Waals surface area contributed by atoms with Gasteiger partial charge in [-0.15, -0.1) is 5.10 Å². The molecule has 0 unspecified atom stereocenters. The number of amides is 1. The summed E-state index contributed by atoms with van der Waals surface area (Å²) >= 11 is 0. The molecule has 0 aliphatic rings. The topological polar surface area (TPSA) is 119 Å². The summed E-state index contributed by atoms with van der Waals surface area (Å²) in [6, 6.07) is 10.9. The minimum Gasteiger partial charge on any atom is -0.467 e. The number of aromatic nitrogens is 3. The number of rotatable bonds is 6. The number of anilines is 1. The van der Waals surface area contributed by atoms with E-state index in [1.54, 1.807) is 29.9 Å². The van der Waals surface area contributed by atoms with Crippen LogP contribution in [0.4, 0.5) is 10.2 Å². The number of nitrogens with one attached hydrogen (secondary N) is 1. The van der Waals surface area contributed by atoms with Crippen LogP contribution in [-0.4, -0.2) is 20.3 Å². The Bertz CT molecular complexity index is 1370. The fourth-order valence-electron chi connectivity index (χ4n) is 3.31. The Balaban J connectivity index is 1.59.